The molecule has 1 aliphatic heterocycles. The van der Waals surface area contributed by atoms with Gasteiger partial charge in [-0.1, -0.05) is 67.0 Å². The van der Waals surface area contributed by atoms with Gasteiger partial charge >= 0.3 is 0 Å². The number of thioether (sulfide) groups is 1. The van der Waals surface area contributed by atoms with Crippen molar-refractivity contribution in [2.45, 2.75) is 31.6 Å². The Labute approximate surface area is 201 Å². The molecule has 32 heavy (non-hydrogen) atoms. The molecule has 0 radical (unpaired) electrons. The molecule has 1 atom stereocenters. The highest BCUT2D eigenvalue weighted by Crippen LogP contribution is 2.42. The number of hydrogen-bond donors (Lipinski definition) is 1. The van der Waals surface area contributed by atoms with E-state index in [1.807, 2.05) is 53.4 Å². The lowest BCUT2D eigenvalue weighted by Gasteiger charge is -2.26. The first-order chi connectivity index (χ1) is 15.2. The molecule has 0 spiro atoms. The third-order valence-electron chi connectivity index (χ3n) is 5.40. The Morgan fingerprint density at radius 2 is 1.75 bits per heavy atom. The number of carbonyl (C=O) groups is 2. The van der Waals surface area contributed by atoms with Crippen LogP contribution in [0, 0.1) is 0 Å². The van der Waals surface area contributed by atoms with Crippen LogP contribution in [0.25, 0.3) is 0 Å². The minimum Gasteiger partial charge on any atom is -0.322 e. The smallest absolute Gasteiger partial charge is 0.255 e. The molecule has 4 rings (SSSR count). The van der Waals surface area contributed by atoms with Crippen molar-refractivity contribution in [1.82, 2.24) is 0 Å². The van der Waals surface area contributed by atoms with Gasteiger partial charge in [0.05, 0.1) is 5.75 Å². The standard InChI is InChI=1S/C26H25BrN2O2S/c1-26(2,3)19-10-12-22(13-11-19)29-23(30)16-32-25(29)18-7-5-9-21(15-18)28-24(31)17-6-4-8-20(27)14-17/h4-15,25H,16H2,1-3H3,(H,28,31). The highest BCUT2D eigenvalue weighted by Gasteiger charge is 2.34. The van der Waals surface area contributed by atoms with Gasteiger partial charge < -0.3 is 5.32 Å². The molecule has 0 saturated carbocycles. The number of nitrogens with one attached hydrogen (secondary N) is 1. The van der Waals surface area contributed by atoms with E-state index >= 15 is 0 Å². The van der Waals surface area contributed by atoms with Crippen molar-refractivity contribution in [2.75, 3.05) is 16.0 Å². The topological polar surface area (TPSA) is 49.4 Å². The minimum absolute atomic E-state index is 0.0581. The van der Waals surface area contributed by atoms with Crippen molar-refractivity contribution < 1.29 is 9.59 Å². The maximum Gasteiger partial charge on any atom is 0.255 e. The summed E-state index contributed by atoms with van der Waals surface area (Å²) in [4.78, 5) is 27.3. The maximum absolute atomic E-state index is 12.8. The second-order valence-corrected chi connectivity index (χ2v) is 10.8. The fraction of sp³-hybridized carbons (Fsp3) is 0.231. The monoisotopic (exact) mass is 508 g/mol. The molecule has 3 aromatic rings. The van der Waals surface area contributed by atoms with Gasteiger partial charge in [-0.2, -0.15) is 0 Å². The SMILES string of the molecule is CC(C)(C)c1ccc(N2C(=O)CSC2c2cccc(NC(=O)c3cccc(Br)c3)c2)cc1. The Bertz CT molecular complexity index is 1150. The first-order valence-corrected chi connectivity index (χ1v) is 12.3. The molecule has 1 N–H and O–H groups in total. The predicted octanol–water partition coefficient (Wildman–Crippen LogP) is 6.78. The van der Waals surface area contributed by atoms with Crippen LogP contribution < -0.4 is 10.2 Å². The van der Waals surface area contributed by atoms with Crippen LogP contribution in [0.5, 0.6) is 0 Å². The summed E-state index contributed by atoms with van der Waals surface area (Å²) in [6, 6.07) is 23.2. The summed E-state index contributed by atoms with van der Waals surface area (Å²) in [5, 5.41) is 2.83. The van der Waals surface area contributed by atoms with E-state index in [4.69, 9.17) is 0 Å². The van der Waals surface area contributed by atoms with E-state index < -0.39 is 0 Å². The van der Waals surface area contributed by atoms with Crippen LogP contribution in [0.1, 0.15) is 47.6 Å². The molecule has 0 aromatic heterocycles. The number of amides is 2. The van der Waals surface area contributed by atoms with Crippen molar-refractivity contribution in [3.63, 3.8) is 0 Å². The van der Waals surface area contributed by atoms with Crippen molar-refractivity contribution in [2.24, 2.45) is 0 Å². The molecular formula is C26H25BrN2O2S. The molecule has 1 unspecified atom stereocenters. The first-order valence-electron chi connectivity index (χ1n) is 10.4. The normalized spacial score (nSPS) is 16.3. The van der Waals surface area contributed by atoms with E-state index in [0.29, 0.717) is 17.0 Å². The lowest BCUT2D eigenvalue weighted by Crippen LogP contribution is -2.28. The van der Waals surface area contributed by atoms with E-state index in [-0.39, 0.29) is 22.6 Å². The van der Waals surface area contributed by atoms with Crippen molar-refractivity contribution in [3.05, 3.63) is 94.0 Å². The molecule has 1 fully saturated rings. The molecule has 164 valence electrons. The first kappa shape index (κ1) is 22.6. The van der Waals surface area contributed by atoms with Gasteiger partial charge in [0.1, 0.15) is 5.37 Å². The fourth-order valence-corrected chi connectivity index (χ4v) is 5.24. The second kappa shape index (κ2) is 9.12. The second-order valence-electron chi connectivity index (χ2n) is 8.81. The summed E-state index contributed by atoms with van der Waals surface area (Å²) in [5.74, 6) is 0.348. The quantitative estimate of drug-likeness (QED) is 0.422. The molecule has 1 heterocycles. The van der Waals surface area contributed by atoms with Crippen LogP contribution in [0.2, 0.25) is 0 Å². The Hall–Kier alpha value is -2.57. The van der Waals surface area contributed by atoms with Crippen LogP contribution in [-0.2, 0) is 10.2 Å². The van der Waals surface area contributed by atoms with Gasteiger partial charge in [-0.15, -0.1) is 11.8 Å². The van der Waals surface area contributed by atoms with Crippen LogP contribution >= 0.6 is 27.7 Å². The summed E-state index contributed by atoms with van der Waals surface area (Å²) in [7, 11) is 0. The van der Waals surface area contributed by atoms with Gasteiger partial charge in [-0.3, -0.25) is 14.5 Å². The third kappa shape index (κ3) is 4.92. The van der Waals surface area contributed by atoms with E-state index in [9.17, 15) is 9.59 Å². The Morgan fingerprint density at radius 3 is 2.44 bits per heavy atom. The molecule has 6 heteroatoms. The average molecular weight is 509 g/mol. The van der Waals surface area contributed by atoms with Crippen LogP contribution in [0.4, 0.5) is 11.4 Å². The zero-order valence-electron chi connectivity index (χ0n) is 18.3. The van der Waals surface area contributed by atoms with Crippen molar-refractivity contribution in [1.29, 1.82) is 0 Å². The summed E-state index contributed by atoms with van der Waals surface area (Å²) in [6.07, 6.45) is 0. The van der Waals surface area contributed by atoms with E-state index in [1.165, 1.54) is 5.56 Å². The van der Waals surface area contributed by atoms with E-state index in [2.05, 4.69) is 54.2 Å². The Balaban J connectivity index is 1.57. The van der Waals surface area contributed by atoms with Crippen LogP contribution in [0.3, 0.4) is 0 Å². The number of hydrogen-bond acceptors (Lipinski definition) is 3. The number of anilines is 2. The Kier molecular flexibility index (Phi) is 6.45. The lowest BCUT2D eigenvalue weighted by molar-refractivity contribution is -0.115. The molecule has 4 nitrogen and oxygen atoms in total. The molecular weight excluding hydrogens is 484 g/mol. The molecule has 2 amide bonds. The zero-order chi connectivity index (χ0) is 22.9. The largest absolute Gasteiger partial charge is 0.322 e. The average Bonchev–Trinajstić information content (AvgIpc) is 3.15. The minimum atomic E-state index is -0.173. The lowest BCUT2D eigenvalue weighted by atomic mass is 9.87. The van der Waals surface area contributed by atoms with E-state index in [1.54, 1.807) is 23.9 Å². The fourth-order valence-electron chi connectivity index (χ4n) is 3.67. The van der Waals surface area contributed by atoms with Gasteiger partial charge in [0.25, 0.3) is 5.91 Å². The summed E-state index contributed by atoms with van der Waals surface area (Å²) in [5.41, 5.74) is 4.44. The van der Waals surface area contributed by atoms with Crippen LogP contribution in [0.15, 0.2) is 77.3 Å². The number of carbonyl (C=O) groups excluding carboxylic acids is 2. The predicted molar refractivity (Wildman–Crippen MR) is 136 cm³/mol. The van der Waals surface area contributed by atoms with Gasteiger partial charge in [-0.25, -0.2) is 0 Å². The van der Waals surface area contributed by atoms with Crippen molar-refractivity contribution in [3.8, 4) is 0 Å². The molecule has 0 bridgehead atoms. The highest BCUT2D eigenvalue weighted by atomic mass is 79.9. The summed E-state index contributed by atoms with van der Waals surface area (Å²) < 4.78 is 0.855. The molecule has 3 aromatic carbocycles. The zero-order valence-corrected chi connectivity index (χ0v) is 20.7. The van der Waals surface area contributed by atoms with Gasteiger partial charge in [0, 0.05) is 21.4 Å². The molecule has 0 aliphatic carbocycles. The number of nitrogens with zero attached hydrogens (tertiary/aromatic N) is 1. The van der Waals surface area contributed by atoms with Gasteiger partial charge in [0.2, 0.25) is 5.91 Å². The maximum atomic E-state index is 12.8. The third-order valence-corrected chi connectivity index (χ3v) is 7.10. The molecule has 1 aliphatic rings. The summed E-state index contributed by atoms with van der Waals surface area (Å²) in [6.45, 7) is 6.53. The molecule has 1 saturated heterocycles. The number of rotatable bonds is 4. The van der Waals surface area contributed by atoms with Gasteiger partial charge in [0.15, 0.2) is 0 Å². The number of benzene rings is 3. The Morgan fingerprint density at radius 1 is 1.03 bits per heavy atom. The van der Waals surface area contributed by atoms with Crippen LogP contribution in [-0.4, -0.2) is 17.6 Å². The summed E-state index contributed by atoms with van der Waals surface area (Å²) >= 11 is 5.00. The number of halogens is 1. The van der Waals surface area contributed by atoms with E-state index in [0.717, 1.165) is 15.7 Å². The highest BCUT2D eigenvalue weighted by molar-refractivity contribution is 9.10. The van der Waals surface area contributed by atoms with Gasteiger partial charge in [-0.05, 0) is 59.0 Å². The van der Waals surface area contributed by atoms with Crippen molar-refractivity contribution >= 4 is 50.9 Å².